The van der Waals surface area contributed by atoms with Crippen LogP contribution in [-0.4, -0.2) is 16.7 Å². The molecule has 3 N–H and O–H groups in total. The molecule has 0 aromatic carbocycles. The van der Waals surface area contributed by atoms with Crippen LogP contribution in [0.5, 0.6) is 0 Å². The van der Waals surface area contributed by atoms with Crippen LogP contribution in [-0.2, 0) is 14.1 Å². The Labute approximate surface area is 142 Å². The molecule has 3 rings (SSSR count). The molecule has 126 valence electrons. The SMILES string of the molecule is C[C@H]1C=C(N=Nc2n(C)cc[n+]2C)C=CC1NC1=CCC(N)C=C1. The summed E-state index contributed by atoms with van der Waals surface area (Å²) in [5, 5.41) is 12.3. The molecule has 1 heterocycles. The molecule has 3 atom stereocenters. The normalized spacial score (nSPS) is 26.6. The van der Waals surface area contributed by atoms with E-state index in [1.165, 1.54) is 0 Å². The number of imidazole rings is 1. The van der Waals surface area contributed by atoms with Crippen LogP contribution in [0.4, 0.5) is 5.95 Å². The highest BCUT2D eigenvalue weighted by atomic mass is 15.3. The highest BCUT2D eigenvalue weighted by Gasteiger charge is 2.19. The minimum absolute atomic E-state index is 0.139. The van der Waals surface area contributed by atoms with Crippen LogP contribution in [0.1, 0.15) is 13.3 Å². The summed E-state index contributed by atoms with van der Waals surface area (Å²) in [6.45, 7) is 2.18. The number of allylic oxidation sites excluding steroid dienone is 2. The van der Waals surface area contributed by atoms with E-state index in [-0.39, 0.29) is 12.1 Å². The van der Waals surface area contributed by atoms with Crippen molar-refractivity contribution in [2.75, 3.05) is 0 Å². The van der Waals surface area contributed by atoms with Gasteiger partial charge in [-0.05, 0) is 18.6 Å². The first-order valence-corrected chi connectivity index (χ1v) is 8.26. The van der Waals surface area contributed by atoms with Crippen molar-refractivity contribution in [1.82, 2.24) is 9.88 Å². The lowest BCUT2D eigenvalue weighted by Crippen LogP contribution is -2.34. The van der Waals surface area contributed by atoms with E-state index in [2.05, 4.69) is 46.8 Å². The second-order valence-corrected chi connectivity index (χ2v) is 6.42. The Morgan fingerprint density at radius 1 is 1.29 bits per heavy atom. The zero-order chi connectivity index (χ0) is 17.1. The molecule has 0 aliphatic heterocycles. The van der Waals surface area contributed by atoms with Gasteiger partial charge in [0.15, 0.2) is 0 Å². The van der Waals surface area contributed by atoms with Crippen molar-refractivity contribution in [2.24, 2.45) is 36.0 Å². The van der Waals surface area contributed by atoms with Crippen LogP contribution in [0.25, 0.3) is 0 Å². The minimum atomic E-state index is 0.139. The standard InChI is InChI=1S/C18H25N6/c1-13-12-16(21-22-18-23(2)10-11-24(18)3)8-9-17(13)20-15-6-4-14(19)5-7-15/h4,6-14,17,20H,5,19H2,1-3H3/q+1/t13-,14?,17?/m0/s1. The Balaban J connectivity index is 1.64. The van der Waals surface area contributed by atoms with Gasteiger partial charge >= 0.3 is 5.95 Å². The number of hydrogen-bond acceptors (Lipinski definition) is 4. The van der Waals surface area contributed by atoms with Gasteiger partial charge in [0, 0.05) is 22.8 Å². The summed E-state index contributed by atoms with van der Waals surface area (Å²) in [6.07, 6.45) is 17.3. The van der Waals surface area contributed by atoms with Gasteiger partial charge in [0.25, 0.3) is 0 Å². The van der Waals surface area contributed by atoms with Gasteiger partial charge < -0.3 is 11.1 Å². The van der Waals surface area contributed by atoms with Gasteiger partial charge in [-0.25, -0.2) is 9.13 Å². The largest absolute Gasteiger partial charge is 0.421 e. The number of azo groups is 1. The smallest absolute Gasteiger partial charge is 0.379 e. The highest BCUT2D eigenvalue weighted by molar-refractivity contribution is 5.30. The van der Waals surface area contributed by atoms with Crippen LogP contribution >= 0.6 is 0 Å². The summed E-state index contributed by atoms with van der Waals surface area (Å²) in [7, 11) is 3.92. The average molecular weight is 325 g/mol. The predicted octanol–water partition coefficient (Wildman–Crippen LogP) is 2.15. The fraction of sp³-hybridized carbons (Fsp3) is 0.389. The lowest BCUT2D eigenvalue weighted by atomic mass is 9.95. The first-order valence-electron chi connectivity index (χ1n) is 8.26. The third kappa shape index (κ3) is 3.71. The van der Waals surface area contributed by atoms with E-state index in [0.29, 0.717) is 5.92 Å². The third-order valence-electron chi connectivity index (χ3n) is 4.34. The number of nitrogens with two attached hydrogens (primary N) is 1. The van der Waals surface area contributed by atoms with Crippen molar-refractivity contribution in [3.8, 4) is 0 Å². The van der Waals surface area contributed by atoms with E-state index < -0.39 is 0 Å². The van der Waals surface area contributed by atoms with E-state index in [0.717, 1.165) is 23.8 Å². The van der Waals surface area contributed by atoms with Crippen molar-refractivity contribution >= 4 is 5.95 Å². The van der Waals surface area contributed by atoms with E-state index >= 15 is 0 Å². The summed E-state index contributed by atoms with van der Waals surface area (Å²) in [4.78, 5) is 0. The van der Waals surface area contributed by atoms with Crippen LogP contribution < -0.4 is 15.6 Å². The number of aryl methyl sites for hydroxylation is 2. The van der Waals surface area contributed by atoms with Crippen molar-refractivity contribution in [3.05, 3.63) is 60.2 Å². The third-order valence-corrected chi connectivity index (χ3v) is 4.34. The van der Waals surface area contributed by atoms with Gasteiger partial charge in [-0.1, -0.05) is 36.3 Å². The predicted molar refractivity (Wildman–Crippen MR) is 94.2 cm³/mol. The number of aromatic nitrogens is 2. The second kappa shape index (κ2) is 6.97. The van der Waals surface area contributed by atoms with Crippen LogP contribution in [0.3, 0.4) is 0 Å². The molecule has 1 aromatic rings. The summed E-state index contributed by atoms with van der Waals surface area (Å²) in [6, 6.07) is 0.390. The Kier molecular flexibility index (Phi) is 4.76. The lowest BCUT2D eigenvalue weighted by Gasteiger charge is -2.25. The molecule has 0 saturated heterocycles. The fourth-order valence-corrected chi connectivity index (χ4v) is 2.81. The molecule has 6 heteroatoms. The molecule has 6 nitrogen and oxygen atoms in total. The summed E-state index contributed by atoms with van der Waals surface area (Å²) < 4.78 is 3.88. The number of nitrogens with zero attached hydrogens (tertiary/aromatic N) is 4. The van der Waals surface area contributed by atoms with Gasteiger partial charge in [0.2, 0.25) is 0 Å². The molecule has 0 bridgehead atoms. The maximum atomic E-state index is 5.86. The van der Waals surface area contributed by atoms with Gasteiger partial charge in [-0.2, -0.15) is 0 Å². The molecule has 2 aliphatic carbocycles. The van der Waals surface area contributed by atoms with Crippen molar-refractivity contribution in [2.45, 2.75) is 25.4 Å². The molecule has 0 fully saturated rings. The van der Waals surface area contributed by atoms with Gasteiger partial charge in [0.1, 0.15) is 0 Å². The molecular formula is C18H25N6+. The number of hydrogen-bond donors (Lipinski definition) is 2. The van der Waals surface area contributed by atoms with Crippen LogP contribution in [0.15, 0.2) is 70.5 Å². The molecule has 24 heavy (non-hydrogen) atoms. The van der Waals surface area contributed by atoms with E-state index in [9.17, 15) is 0 Å². The lowest BCUT2D eigenvalue weighted by molar-refractivity contribution is -0.657. The molecule has 0 spiro atoms. The quantitative estimate of drug-likeness (QED) is 0.658. The molecular weight excluding hydrogens is 300 g/mol. The molecule has 0 amide bonds. The Hall–Kier alpha value is -2.47. The van der Waals surface area contributed by atoms with Gasteiger partial charge in [0.05, 0.1) is 38.2 Å². The maximum Gasteiger partial charge on any atom is 0.421 e. The van der Waals surface area contributed by atoms with Crippen molar-refractivity contribution in [3.63, 3.8) is 0 Å². The molecule has 1 aromatic heterocycles. The Bertz CT molecular complexity index is 730. The summed E-state index contributed by atoms with van der Waals surface area (Å²) >= 11 is 0. The van der Waals surface area contributed by atoms with Gasteiger partial charge in [-0.15, -0.1) is 0 Å². The molecule has 2 aliphatic rings. The molecule has 0 saturated carbocycles. The summed E-state index contributed by atoms with van der Waals surface area (Å²) in [5.41, 5.74) is 7.88. The fourth-order valence-electron chi connectivity index (χ4n) is 2.81. The summed E-state index contributed by atoms with van der Waals surface area (Å²) in [5.74, 6) is 1.14. The Morgan fingerprint density at radius 3 is 2.75 bits per heavy atom. The molecule has 2 unspecified atom stereocenters. The van der Waals surface area contributed by atoms with Crippen LogP contribution in [0.2, 0.25) is 0 Å². The Morgan fingerprint density at radius 2 is 2.12 bits per heavy atom. The zero-order valence-electron chi connectivity index (χ0n) is 14.4. The van der Waals surface area contributed by atoms with E-state index in [4.69, 9.17) is 5.73 Å². The van der Waals surface area contributed by atoms with Crippen molar-refractivity contribution in [1.29, 1.82) is 0 Å². The first-order chi connectivity index (χ1) is 11.5. The van der Waals surface area contributed by atoms with Crippen molar-refractivity contribution < 1.29 is 4.57 Å². The monoisotopic (exact) mass is 325 g/mol. The van der Waals surface area contributed by atoms with E-state index in [1.807, 2.05) is 47.8 Å². The van der Waals surface area contributed by atoms with Gasteiger partial charge in [-0.3, -0.25) is 0 Å². The number of nitrogens with one attached hydrogen (secondary N) is 1. The maximum absolute atomic E-state index is 5.86. The second-order valence-electron chi connectivity index (χ2n) is 6.42. The van der Waals surface area contributed by atoms with Crippen LogP contribution in [0, 0.1) is 5.92 Å². The number of rotatable bonds is 4. The molecule has 0 radical (unpaired) electrons. The zero-order valence-corrected chi connectivity index (χ0v) is 14.4. The average Bonchev–Trinajstić information content (AvgIpc) is 2.88. The first kappa shape index (κ1) is 16.4. The topological polar surface area (TPSA) is 71.6 Å². The van der Waals surface area contributed by atoms with E-state index in [1.54, 1.807) is 0 Å². The highest BCUT2D eigenvalue weighted by Crippen LogP contribution is 2.21. The minimum Gasteiger partial charge on any atom is -0.379 e.